The number of aromatic nitrogens is 1. The number of esters is 1. The highest BCUT2D eigenvalue weighted by Gasteiger charge is 2.73. The standard InChI is InChI=1S/C29H34N3O2S/c1-15-24-18(28(24,2)3)13-31(15)16-7-9-20-22(11-16)35-23-12-17(8-10-21(23)30-20)32-14-19-25(29(19,4)5)26(32)27(33)34-6/h7-12,15,18-19,24-26H,13-14H2,1-6H3/q+1. The predicted octanol–water partition coefficient (Wildman–Crippen LogP) is 4.48. The van der Waals surface area contributed by atoms with Crippen LogP contribution in [-0.4, -0.2) is 43.2 Å². The first-order valence-corrected chi connectivity index (χ1v) is 13.7. The molecule has 0 radical (unpaired) electrons. The summed E-state index contributed by atoms with van der Waals surface area (Å²) in [7, 11) is 1.50. The Morgan fingerprint density at radius 1 is 1.09 bits per heavy atom. The van der Waals surface area contributed by atoms with Crippen LogP contribution in [0, 0.1) is 34.5 Å². The van der Waals surface area contributed by atoms with Gasteiger partial charge >= 0.3 is 5.97 Å². The second kappa shape index (κ2) is 6.84. The lowest BCUT2D eigenvalue weighted by Gasteiger charge is -2.30. The van der Waals surface area contributed by atoms with Gasteiger partial charge in [0.2, 0.25) is 5.36 Å². The molecule has 4 fully saturated rings. The number of ether oxygens (including phenoxy) is 1. The number of carbonyl (C=O) groups is 1. The van der Waals surface area contributed by atoms with Crippen LogP contribution in [0.25, 0.3) is 20.8 Å². The van der Waals surface area contributed by atoms with E-state index in [1.54, 1.807) is 11.3 Å². The highest BCUT2D eigenvalue weighted by atomic mass is 32.1. The highest BCUT2D eigenvalue weighted by Crippen LogP contribution is 2.65. The SMILES string of the molecule is COC(=O)C1C2C(C[N+]1=c1ccc3nc4ccc(N5CC6C(C5C)C6(C)C)cc4sc-3c1)C2(C)C. The van der Waals surface area contributed by atoms with Crippen LogP contribution in [0.5, 0.6) is 0 Å². The van der Waals surface area contributed by atoms with Crippen molar-refractivity contribution in [3.8, 4) is 10.6 Å². The number of nitrogens with zero attached hydrogens (tertiary/aromatic N) is 3. The Morgan fingerprint density at radius 3 is 2.57 bits per heavy atom. The van der Waals surface area contributed by atoms with Gasteiger partial charge in [-0.05, 0) is 53.9 Å². The number of anilines is 1. The molecule has 1 aromatic rings. The van der Waals surface area contributed by atoms with Gasteiger partial charge < -0.3 is 9.64 Å². The van der Waals surface area contributed by atoms with Gasteiger partial charge in [0.1, 0.15) is 6.54 Å². The molecular weight excluding hydrogens is 454 g/mol. The van der Waals surface area contributed by atoms with E-state index in [2.05, 4.69) is 80.5 Å². The van der Waals surface area contributed by atoms with Crippen LogP contribution in [0.2, 0.25) is 0 Å². The van der Waals surface area contributed by atoms with Crippen LogP contribution in [0.4, 0.5) is 5.69 Å². The van der Waals surface area contributed by atoms with Crippen molar-refractivity contribution in [2.45, 2.75) is 46.7 Å². The molecule has 1 aromatic carbocycles. The lowest BCUT2D eigenvalue weighted by atomic mass is 10.0. The van der Waals surface area contributed by atoms with E-state index in [9.17, 15) is 4.79 Å². The van der Waals surface area contributed by atoms with Gasteiger partial charge in [0.05, 0.1) is 27.9 Å². The second-order valence-electron chi connectivity index (χ2n) is 12.4. The van der Waals surface area contributed by atoms with Crippen molar-refractivity contribution in [2.75, 3.05) is 25.1 Å². The zero-order chi connectivity index (χ0) is 24.4. The van der Waals surface area contributed by atoms with Crippen LogP contribution in [-0.2, 0) is 9.53 Å². The van der Waals surface area contributed by atoms with Gasteiger partial charge in [-0.15, -0.1) is 11.3 Å². The first-order valence-electron chi connectivity index (χ1n) is 12.9. The molecule has 6 unspecified atom stereocenters. The molecule has 0 amide bonds. The van der Waals surface area contributed by atoms with Crippen LogP contribution in [0.1, 0.15) is 34.6 Å². The minimum atomic E-state index is -0.199. The third-order valence-electron chi connectivity index (χ3n) is 10.2. The van der Waals surface area contributed by atoms with Gasteiger partial charge in [0, 0.05) is 42.2 Å². The highest BCUT2D eigenvalue weighted by molar-refractivity contribution is 7.21. The summed E-state index contributed by atoms with van der Waals surface area (Å²) in [6.07, 6.45) is 0. The summed E-state index contributed by atoms with van der Waals surface area (Å²) in [5, 5.41) is 1.10. The molecule has 3 aliphatic carbocycles. The summed E-state index contributed by atoms with van der Waals surface area (Å²) in [6, 6.07) is 13.6. The number of methoxy groups -OCH3 is 1. The number of piperidine rings is 2. The number of hydrogen-bond acceptors (Lipinski definition) is 5. The Balaban J connectivity index is 1.29. The van der Waals surface area contributed by atoms with Gasteiger partial charge in [0.15, 0.2) is 0 Å². The molecule has 0 bridgehead atoms. The largest absolute Gasteiger partial charge is 0.464 e. The molecule has 3 heterocycles. The van der Waals surface area contributed by atoms with E-state index >= 15 is 0 Å². The summed E-state index contributed by atoms with van der Waals surface area (Å²) < 4.78 is 8.70. The Morgan fingerprint density at radius 2 is 1.86 bits per heavy atom. The van der Waals surface area contributed by atoms with E-state index in [4.69, 9.17) is 9.72 Å². The molecule has 6 aliphatic rings. The number of benzene rings is 2. The number of hydrogen-bond donors (Lipinski definition) is 0. The third-order valence-corrected chi connectivity index (χ3v) is 11.3. The molecule has 182 valence electrons. The van der Waals surface area contributed by atoms with E-state index in [0.29, 0.717) is 23.3 Å². The van der Waals surface area contributed by atoms with E-state index < -0.39 is 0 Å². The average Bonchev–Trinajstić information content (AvgIpc) is 3.33. The number of rotatable bonds is 2. The quantitative estimate of drug-likeness (QED) is 0.303. The van der Waals surface area contributed by atoms with Gasteiger partial charge in [0.25, 0.3) is 6.04 Å². The fourth-order valence-electron chi connectivity index (χ4n) is 7.91. The summed E-state index contributed by atoms with van der Waals surface area (Å²) in [6.45, 7) is 13.8. The van der Waals surface area contributed by atoms with Gasteiger partial charge in [-0.25, -0.2) is 14.4 Å². The smallest absolute Gasteiger partial charge is 0.375 e. The molecule has 0 aromatic heterocycles. The Labute approximate surface area is 210 Å². The van der Waals surface area contributed by atoms with Crippen LogP contribution in [0.15, 0.2) is 36.4 Å². The zero-order valence-corrected chi connectivity index (χ0v) is 22.2. The second-order valence-corrected chi connectivity index (χ2v) is 13.5. The first kappa shape index (κ1) is 21.8. The molecule has 35 heavy (non-hydrogen) atoms. The van der Waals surface area contributed by atoms with Crippen LogP contribution in [0.3, 0.4) is 0 Å². The molecule has 3 aliphatic heterocycles. The summed E-state index contributed by atoms with van der Waals surface area (Å²) in [5.41, 5.74) is 4.08. The molecule has 0 N–H and O–H groups in total. The number of fused-ring (bicyclic) bond motifs is 4. The molecule has 6 atom stereocenters. The Hall–Kier alpha value is -2.47. The molecular formula is C29H34N3O2S+. The normalized spacial score (nSPS) is 35.2. The predicted molar refractivity (Wildman–Crippen MR) is 141 cm³/mol. The fourth-order valence-corrected chi connectivity index (χ4v) is 8.94. The summed E-state index contributed by atoms with van der Waals surface area (Å²) in [5.74, 6) is 2.41. The average molecular weight is 489 g/mol. The van der Waals surface area contributed by atoms with Crippen LogP contribution < -0.4 is 14.8 Å². The lowest BCUT2D eigenvalue weighted by Crippen LogP contribution is -2.45. The van der Waals surface area contributed by atoms with Crippen molar-refractivity contribution >= 4 is 33.2 Å². The maximum absolute atomic E-state index is 12.7. The molecule has 0 spiro atoms. The summed E-state index contributed by atoms with van der Waals surface area (Å²) in [4.78, 5) is 21.5. The number of carbonyl (C=O) groups excluding carboxylic acids is 1. The zero-order valence-electron chi connectivity index (χ0n) is 21.4. The maximum atomic E-state index is 12.7. The van der Waals surface area contributed by atoms with Crippen LogP contribution >= 0.6 is 11.3 Å². The van der Waals surface area contributed by atoms with E-state index in [1.807, 2.05) is 0 Å². The van der Waals surface area contributed by atoms with Crippen molar-refractivity contribution in [1.82, 2.24) is 9.56 Å². The topological polar surface area (TPSA) is 45.4 Å². The fraction of sp³-hybridized carbons (Fsp3) is 0.552. The first-order chi connectivity index (χ1) is 16.6. The van der Waals surface area contributed by atoms with Gasteiger partial charge in [-0.1, -0.05) is 27.7 Å². The van der Waals surface area contributed by atoms with Crippen molar-refractivity contribution in [1.29, 1.82) is 0 Å². The Kier molecular flexibility index (Phi) is 4.26. The molecule has 6 heteroatoms. The maximum Gasteiger partial charge on any atom is 0.375 e. The van der Waals surface area contributed by atoms with E-state index in [0.717, 1.165) is 46.4 Å². The third kappa shape index (κ3) is 2.89. The monoisotopic (exact) mass is 488 g/mol. The van der Waals surface area contributed by atoms with Crippen molar-refractivity contribution in [3.63, 3.8) is 0 Å². The minimum absolute atomic E-state index is 0.117. The lowest BCUT2D eigenvalue weighted by molar-refractivity contribution is -0.144. The van der Waals surface area contributed by atoms with Gasteiger partial charge in [-0.2, -0.15) is 0 Å². The summed E-state index contributed by atoms with van der Waals surface area (Å²) >= 11 is 1.81. The Bertz CT molecular complexity index is 1440. The molecule has 5 nitrogen and oxygen atoms in total. The molecule has 7 rings (SSSR count). The minimum Gasteiger partial charge on any atom is -0.464 e. The van der Waals surface area contributed by atoms with Crippen molar-refractivity contribution in [3.05, 3.63) is 41.8 Å². The van der Waals surface area contributed by atoms with Gasteiger partial charge in [-0.3, -0.25) is 0 Å². The van der Waals surface area contributed by atoms with Crippen molar-refractivity contribution in [2.24, 2.45) is 34.5 Å². The van der Waals surface area contributed by atoms with E-state index in [-0.39, 0.29) is 17.4 Å². The molecule has 2 saturated carbocycles. The van der Waals surface area contributed by atoms with E-state index in [1.165, 1.54) is 17.5 Å². The van der Waals surface area contributed by atoms with Crippen molar-refractivity contribution < 1.29 is 9.53 Å². The molecule has 2 saturated heterocycles.